The van der Waals surface area contributed by atoms with Crippen molar-refractivity contribution in [2.45, 2.75) is 26.4 Å². The third-order valence-corrected chi connectivity index (χ3v) is 3.69. The second-order valence-corrected chi connectivity index (χ2v) is 5.36. The zero-order valence-electron chi connectivity index (χ0n) is 14.3. The molecular formula is C18H26N2O3. The summed E-state index contributed by atoms with van der Waals surface area (Å²) in [6, 6.07) is 5.62. The van der Waals surface area contributed by atoms with Gasteiger partial charge in [0.15, 0.2) is 6.61 Å². The minimum absolute atomic E-state index is 0.167. The standard InChI is InChI=1S/C18H26N2O3/c1-6-8-15-12-16(23-13-18(21)22)9-10-17(15)20(5)14(3)19(4)11-7-2/h6-7,9-12,14H,1,8,13H2,2-5H3,(H,21,22)/b11-7-. The molecule has 0 aliphatic rings. The van der Waals surface area contributed by atoms with E-state index < -0.39 is 5.97 Å². The van der Waals surface area contributed by atoms with Crippen molar-refractivity contribution in [3.05, 3.63) is 48.7 Å². The van der Waals surface area contributed by atoms with Gasteiger partial charge in [-0.2, -0.15) is 0 Å². The lowest BCUT2D eigenvalue weighted by atomic mass is 10.1. The van der Waals surface area contributed by atoms with E-state index in [1.54, 1.807) is 6.07 Å². The number of ether oxygens (including phenoxy) is 1. The van der Waals surface area contributed by atoms with Gasteiger partial charge >= 0.3 is 5.97 Å². The summed E-state index contributed by atoms with van der Waals surface area (Å²) in [7, 11) is 4.06. The number of anilines is 1. The van der Waals surface area contributed by atoms with Crippen molar-refractivity contribution in [2.24, 2.45) is 0 Å². The molecule has 0 amide bonds. The van der Waals surface area contributed by atoms with E-state index in [2.05, 4.69) is 23.3 Å². The van der Waals surface area contributed by atoms with Gasteiger partial charge in [-0.15, -0.1) is 6.58 Å². The molecule has 1 atom stereocenters. The van der Waals surface area contributed by atoms with E-state index >= 15 is 0 Å². The van der Waals surface area contributed by atoms with Gasteiger partial charge in [0.2, 0.25) is 0 Å². The van der Waals surface area contributed by atoms with Crippen LogP contribution in [-0.4, -0.2) is 42.8 Å². The summed E-state index contributed by atoms with van der Waals surface area (Å²) in [6.45, 7) is 7.56. The molecule has 0 spiro atoms. The minimum atomic E-state index is -0.988. The lowest BCUT2D eigenvalue weighted by Gasteiger charge is -2.35. The van der Waals surface area contributed by atoms with Gasteiger partial charge in [-0.05, 0) is 50.2 Å². The highest BCUT2D eigenvalue weighted by Crippen LogP contribution is 2.27. The molecule has 1 aromatic rings. The third-order valence-electron chi connectivity index (χ3n) is 3.69. The van der Waals surface area contributed by atoms with Crippen LogP contribution in [0, 0.1) is 0 Å². The SMILES string of the molecule is C=CCc1cc(OCC(=O)O)ccc1N(C)C(C)N(C)/C=C\C. The number of hydrogen-bond donors (Lipinski definition) is 1. The highest BCUT2D eigenvalue weighted by Gasteiger charge is 2.16. The topological polar surface area (TPSA) is 53.0 Å². The van der Waals surface area contributed by atoms with E-state index in [4.69, 9.17) is 9.84 Å². The first kappa shape index (κ1) is 18.6. The lowest BCUT2D eigenvalue weighted by molar-refractivity contribution is -0.139. The highest BCUT2D eigenvalue weighted by atomic mass is 16.5. The van der Waals surface area contributed by atoms with Gasteiger partial charge < -0.3 is 19.6 Å². The fourth-order valence-corrected chi connectivity index (χ4v) is 2.29. The summed E-state index contributed by atoms with van der Waals surface area (Å²) >= 11 is 0. The second-order valence-electron chi connectivity index (χ2n) is 5.36. The van der Waals surface area contributed by atoms with Crippen LogP contribution in [0.2, 0.25) is 0 Å². The molecule has 0 radical (unpaired) electrons. The molecule has 0 aliphatic carbocycles. The fourth-order valence-electron chi connectivity index (χ4n) is 2.29. The Morgan fingerprint density at radius 3 is 2.70 bits per heavy atom. The van der Waals surface area contributed by atoms with Crippen LogP contribution >= 0.6 is 0 Å². The molecule has 5 heteroatoms. The molecule has 23 heavy (non-hydrogen) atoms. The number of allylic oxidation sites excluding steroid dienone is 2. The van der Waals surface area contributed by atoms with Gasteiger partial charge in [0.1, 0.15) is 5.75 Å². The summed E-state index contributed by atoms with van der Waals surface area (Å²) in [4.78, 5) is 14.9. The van der Waals surface area contributed by atoms with Crippen molar-refractivity contribution in [2.75, 3.05) is 25.6 Å². The first-order valence-electron chi connectivity index (χ1n) is 7.56. The van der Waals surface area contributed by atoms with Crippen molar-refractivity contribution in [1.29, 1.82) is 0 Å². The van der Waals surface area contributed by atoms with E-state index in [0.29, 0.717) is 12.2 Å². The highest BCUT2D eigenvalue weighted by molar-refractivity contribution is 5.68. The maximum absolute atomic E-state index is 10.6. The van der Waals surface area contributed by atoms with Gasteiger partial charge in [0, 0.05) is 19.8 Å². The number of nitrogens with zero attached hydrogens (tertiary/aromatic N) is 2. The second kappa shape index (κ2) is 8.88. The van der Waals surface area contributed by atoms with E-state index in [-0.39, 0.29) is 12.8 Å². The van der Waals surface area contributed by atoms with Crippen molar-refractivity contribution in [1.82, 2.24) is 4.90 Å². The van der Waals surface area contributed by atoms with Gasteiger partial charge in [-0.1, -0.05) is 12.2 Å². The first-order chi connectivity index (χ1) is 10.9. The molecule has 0 aromatic heterocycles. The van der Waals surface area contributed by atoms with Crippen LogP contribution in [0.15, 0.2) is 43.1 Å². The molecule has 0 saturated heterocycles. The molecule has 5 nitrogen and oxygen atoms in total. The van der Waals surface area contributed by atoms with Gasteiger partial charge in [-0.25, -0.2) is 4.79 Å². The van der Waals surface area contributed by atoms with Gasteiger partial charge in [-0.3, -0.25) is 0 Å². The zero-order chi connectivity index (χ0) is 17.4. The summed E-state index contributed by atoms with van der Waals surface area (Å²) in [5, 5.41) is 8.71. The molecule has 1 aromatic carbocycles. The fraction of sp³-hybridized carbons (Fsp3) is 0.389. The zero-order valence-corrected chi connectivity index (χ0v) is 14.3. The Morgan fingerprint density at radius 2 is 2.13 bits per heavy atom. The average molecular weight is 318 g/mol. The number of aliphatic carboxylic acids is 1. The number of carbonyl (C=O) groups is 1. The number of hydrogen-bond acceptors (Lipinski definition) is 4. The molecule has 0 heterocycles. The van der Waals surface area contributed by atoms with Crippen LogP contribution in [0.3, 0.4) is 0 Å². The van der Waals surface area contributed by atoms with Crippen molar-refractivity contribution in [3.63, 3.8) is 0 Å². The summed E-state index contributed by atoms with van der Waals surface area (Å²) in [6.07, 6.45) is 6.70. The molecule has 1 rings (SSSR count). The van der Waals surface area contributed by atoms with Crippen LogP contribution in [0.1, 0.15) is 19.4 Å². The Hall–Kier alpha value is -2.43. The molecule has 126 valence electrons. The Bertz CT molecular complexity index is 569. The van der Waals surface area contributed by atoms with Crippen molar-refractivity contribution < 1.29 is 14.6 Å². The van der Waals surface area contributed by atoms with E-state index in [1.165, 1.54) is 0 Å². The maximum atomic E-state index is 10.6. The predicted octanol–water partition coefficient (Wildman–Crippen LogP) is 3.13. The smallest absolute Gasteiger partial charge is 0.341 e. The maximum Gasteiger partial charge on any atom is 0.341 e. The molecular weight excluding hydrogens is 292 g/mol. The Labute approximate surface area is 138 Å². The molecule has 0 fully saturated rings. The number of carboxylic acid groups (broad SMARTS) is 1. The lowest BCUT2D eigenvalue weighted by Crippen LogP contribution is -2.40. The van der Waals surface area contributed by atoms with E-state index in [0.717, 1.165) is 11.3 Å². The quantitative estimate of drug-likeness (QED) is 0.560. The largest absolute Gasteiger partial charge is 0.482 e. The number of carboxylic acids is 1. The summed E-state index contributed by atoms with van der Waals surface area (Å²) in [5.41, 5.74) is 2.11. The van der Waals surface area contributed by atoms with E-state index in [1.807, 2.05) is 51.5 Å². The van der Waals surface area contributed by atoms with Crippen LogP contribution in [0.4, 0.5) is 5.69 Å². The average Bonchev–Trinajstić information content (AvgIpc) is 2.52. The third kappa shape index (κ3) is 5.36. The molecule has 0 aliphatic heterocycles. The van der Waals surface area contributed by atoms with Gasteiger partial charge in [0.05, 0.1) is 6.17 Å². The Kier molecular flexibility index (Phi) is 7.19. The van der Waals surface area contributed by atoms with Gasteiger partial charge in [0.25, 0.3) is 0 Å². The van der Waals surface area contributed by atoms with Crippen LogP contribution in [0.5, 0.6) is 5.75 Å². The molecule has 0 bridgehead atoms. The summed E-state index contributed by atoms with van der Waals surface area (Å²) in [5.74, 6) is -0.436. The molecule has 1 N–H and O–H groups in total. The van der Waals surface area contributed by atoms with Crippen LogP contribution in [-0.2, 0) is 11.2 Å². The monoisotopic (exact) mass is 318 g/mol. The first-order valence-corrected chi connectivity index (χ1v) is 7.56. The normalized spacial score (nSPS) is 12.0. The predicted molar refractivity (Wildman–Crippen MR) is 93.9 cm³/mol. The number of benzene rings is 1. The Morgan fingerprint density at radius 1 is 1.43 bits per heavy atom. The molecule has 1 unspecified atom stereocenters. The molecule has 0 saturated carbocycles. The minimum Gasteiger partial charge on any atom is -0.482 e. The van der Waals surface area contributed by atoms with Crippen molar-refractivity contribution in [3.8, 4) is 5.75 Å². The Balaban J connectivity index is 3.04. The van der Waals surface area contributed by atoms with Crippen LogP contribution in [0.25, 0.3) is 0 Å². The number of rotatable bonds is 9. The summed E-state index contributed by atoms with van der Waals surface area (Å²) < 4.78 is 5.26. The van der Waals surface area contributed by atoms with Crippen LogP contribution < -0.4 is 9.64 Å². The van der Waals surface area contributed by atoms with E-state index in [9.17, 15) is 4.79 Å². The van der Waals surface area contributed by atoms with Crippen molar-refractivity contribution >= 4 is 11.7 Å².